The fourth-order valence-corrected chi connectivity index (χ4v) is 2.86. The Bertz CT molecular complexity index is 1030. The summed E-state index contributed by atoms with van der Waals surface area (Å²) in [6, 6.07) is 10.2. The lowest BCUT2D eigenvalue weighted by atomic mass is 10.2. The Hall–Kier alpha value is -3.21. The fraction of sp³-hybridized carbons (Fsp3) is 0.150. The van der Waals surface area contributed by atoms with Crippen molar-refractivity contribution >= 4 is 17.8 Å². The molecular weight excluding hydrogens is 310 g/mol. The number of aryl methyl sites for hydroxylation is 3. The molecule has 0 fully saturated rings. The number of hydrogen-bond donors (Lipinski definition) is 0. The van der Waals surface area contributed by atoms with E-state index in [1.54, 1.807) is 0 Å². The summed E-state index contributed by atoms with van der Waals surface area (Å²) in [6.07, 6.45) is 9.91. The van der Waals surface area contributed by atoms with Crippen LogP contribution in [0.15, 0.2) is 48.9 Å². The molecule has 1 aromatic carbocycles. The molecule has 5 nitrogen and oxygen atoms in total. The maximum atomic E-state index is 4.71. The van der Waals surface area contributed by atoms with Crippen LogP contribution < -0.4 is 0 Å². The maximum Gasteiger partial charge on any atom is 0.159 e. The Morgan fingerprint density at radius 2 is 1.76 bits per heavy atom. The Balaban J connectivity index is 1.68. The van der Waals surface area contributed by atoms with E-state index < -0.39 is 0 Å². The molecule has 0 atom stereocenters. The summed E-state index contributed by atoms with van der Waals surface area (Å²) in [5.74, 6) is 0.891. The van der Waals surface area contributed by atoms with Gasteiger partial charge in [-0.1, -0.05) is 30.3 Å². The number of hydrogen-bond acceptors (Lipinski definition) is 3. The van der Waals surface area contributed by atoms with Gasteiger partial charge < -0.3 is 8.97 Å². The van der Waals surface area contributed by atoms with Gasteiger partial charge in [0.15, 0.2) is 5.65 Å². The van der Waals surface area contributed by atoms with Crippen LogP contribution in [-0.2, 0) is 7.05 Å². The number of benzene rings is 1. The van der Waals surface area contributed by atoms with E-state index in [1.165, 1.54) is 0 Å². The van der Waals surface area contributed by atoms with Crippen molar-refractivity contribution in [2.24, 2.45) is 7.05 Å². The molecular formula is C20H19N5. The van der Waals surface area contributed by atoms with Crippen LogP contribution in [0, 0.1) is 13.8 Å². The van der Waals surface area contributed by atoms with Gasteiger partial charge in [0.2, 0.25) is 0 Å². The molecule has 0 saturated carbocycles. The summed E-state index contributed by atoms with van der Waals surface area (Å²) >= 11 is 0. The zero-order valence-corrected chi connectivity index (χ0v) is 14.5. The van der Waals surface area contributed by atoms with Gasteiger partial charge in [0, 0.05) is 36.9 Å². The third-order valence-electron chi connectivity index (χ3n) is 4.26. The predicted molar refractivity (Wildman–Crippen MR) is 100 cm³/mol. The van der Waals surface area contributed by atoms with Crippen molar-refractivity contribution in [3.8, 4) is 11.3 Å². The van der Waals surface area contributed by atoms with Crippen LogP contribution in [0.5, 0.6) is 0 Å². The SMILES string of the molecule is Cc1ncc(C)n2cc(/C=C/c3nc(-c4ccccc4)cn3C)nc12. The number of rotatable bonds is 3. The van der Waals surface area contributed by atoms with Gasteiger partial charge in [-0.3, -0.25) is 4.98 Å². The number of fused-ring (bicyclic) bond motifs is 1. The van der Waals surface area contributed by atoms with Crippen molar-refractivity contribution in [1.82, 2.24) is 23.9 Å². The van der Waals surface area contributed by atoms with Gasteiger partial charge in [-0.2, -0.15) is 0 Å². The molecule has 0 aliphatic heterocycles. The minimum absolute atomic E-state index is 0.891. The molecule has 4 rings (SSSR count). The molecule has 124 valence electrons. The second-order valence-electron chi connectivity index (χ2n) is 6.14. The zero-order chi connectivity index (χ0) is 17.4. The topological polar surface area (TPSA) is 48.0 Å². The smallest absolute Gasteiger partial charge is 0.159 e. The summed E-state index contributed by atoms with van der Waals surface area (Å²) in [5, 5.41) is 0. The Morgan fingerprint density at radius 1 is 0.960 bits per heavy atom. The van der Waals surface area contributed by atoms with E-state index in [0.717, 1.165) is 39.8 Å². The Labute approximate surface area is 146 Å². The van der Waals surface area contributed by atoms with Gasteiger partial charge in [0.1, 0.15) is 5.82 Å². The maximum absolute atomic E-state index is 4.71. The second kappa shape index (κ2) is 6.02. The first-order valence-electron chi connectivity index (χ1n) is 8.20. The average molecular weight is 329 g/mol. The van der Waals surface area contributed by atoms with Crippen LogP contribution in [0.1, 0.15) is 22.9 Å². The van der Waals surface area contributed by atoms with Gasteiger partial charge in [0.25, 0.3) is 0 Å². The van der Waals surface area contributed by atoms with Crippen LogP contribution in [0.4, 0.5) is 0 Å². The first-order valence-corrected chi connectivity index (χ1v) is 8.20. The molecule has 0 N–H and O–H groups in total. The monoisotopic (exact) mass is 329 g/mol. The third kappa shape index (κ3) is 2.85. The summed E-state index contributed by atoms with van der Waals surface area (Å²) < 4.78 is 4.09. The highest BCUT2D eigenvalue weighted by Crippen LogP contribution is 2.19. The highest BCUT2D eigenvalue weighted by atomic mass is 15.0. The Morgan fingerprint density at radius 3 is 2.52 bits per heavy atom. The van der Waals surface area contributed by atoms with E-state index in [1.807, 2.05) is 74.4 Å². The highest BCUT2D eigenvalue weighted by Gasteiger charge is 2.07. The minimum Gasteiger partial charge on any atom is -0.334 e. The molecule has 0 spiro atoms. The van der Waals surface area contributed by atoms with E-state index in [0.29, 0.717) is 0 Å². The largest absolute Gasteiger partial charge is 0.334 e. The number of imidazole rings is 2. The lowest BCUT2D eigenvalue weighted by Gasteiger charge is -1.99. The van der Waals surface area contributed by atoms with Crippen LogP contribution in [0.2, 0.25) is 0 Å². The highest BCUT2D eigenvalue weighted by molar-refractivity contribution is 5.69. The van der Waals surface area contributed by atoms with Crippen molar-refractivity contribution in [2.75, 3.05) is 0 Å². The number of aromatic nitrogens is 5. The van der Waals surface area contributed by atoms with Gasteiger partial charge in [-0.25, -0.2) is 9.97 Å². The van der Waals surface area contributed by atoms with Gasteiger partial charge in [-0.15, -0.1) is 0 Å². The molecule has 0 unspecified atom stereocenters. The molecule has 0 aliphatic carbocycles. The summed E-state index contributed by atoms with van der Waals surface area (Å²) in [4.78, 5) is 13.7. The minimum atomic E-state index is 0.891. The van der Waals surface area contributed by atoms with E-state index in [-0.39, 0.29) is 0 Å². The zero-order valence-electron chi connectivity index (χ0n) is 14.5. The molecule has 3 aromatic heterocycles. The van der Waals surface area contributed by atoms with Crippen LogP contribution in [-0.4, -0.2) is 23.9 Å². The first-order chi connectivity index (χ1) is 12.1. The predicted octanol–water partition coefficient (Wildman–Crippen LogP) is 3.92. The van der Waals surface area contributed by atoms with Crippen molar-refractivity contribution < 1.29 is 0 Å². The first kappa shape index (κ1) is 15.3. The molecule has 0 aliphatic rings. The van der Waals surface area contributed by atoms with E-state index in [2.05, 4.69) is 26.5 Å². The molecule has 0 saturated heterocycles. The normalized spacial score (nSPS) is 11.6. The lowest BCUT2D eigenvalue weighted by Crippen LogP contribution is -1.94. The van der Waals surface area contributed by atoms with Crippen molar-refractivity contribution in [3.05, 3.63) is 71.8 Å². The molecule has 0 amide bonds. The molecule has 25 heavy (non-hydrogen) atoms. The van der Waals surface area contributed by atoms with Crippen molar-refractivity contribution in [3.63, 3.8) is 0 Å². The van der Waals surface area contributed by atoms with Crippen molar-refractivity contribution in [1.29, 1.82) is 0 Å². The number of nitrogens with zero attached hydrogens (tertiary/aromatic N) is 5. The average Bonchev–Trinajstić information content (AvgIpc) is 3.22. The third-order valence-corrected chi connectivity index (χ3v) is 4.26. The van der Waals surface area contributed by atoms with Crippen LogP contribution >= 0.6 is 0 Å². The summed E-state index contributed by atoms with van der Waals surface area (Å²) in [6.45, 7) is 4.00. The molecule has 0 radical (unpaired) electrons. The van der Waals surface area contributed by atoms with Gasteiger partial charge in [0.05, 0.1) is 17.1 Å². The Kier molecular flexibility index (Phi) is 3.69. The fourth-order valence-electron chi connectivity index (χ4n) is 2.86. The van der Waals surface area contributed by atoms with E-state index >= 15 is 0 Å². The van der Waals surface area contributed by atoms with Gasteiger partial charge >= 0.3 is 0 Å². The molecule has 0 bridgehead atoms. The van der Waals surface area contributed by atoms with Crippen LogP contribution in [0.25, 0.3) is 29.1 Å². The standard InChI is InChI=1S/C20H19N5/c1-14-11-21-15(2)20-22-17(12-25(14)20)9-10-19-23-18(13-24(19)3)16-7-5-4-6-8-16/h4-13H,1-3H3/b10-9+. The molecule has 5 heteroatoms. The lowest BCUT2D eigenvalue weighted by molar-refractivity contribution is 0.898. The van der Waals surface area contributed by atoms with E-state index in [4.69, 9.17) is 4.98 Å². The quantitative estimate of drug-likeness (QED) is 0.572. The van der Waals surface area contributed by atoms with Crippen molar-refractivity contribution in [2.45, 2.75) is 13.8 Å². The van der Waals surface area contributed by atoms with Crippen LogP contribution in [0.3, 0.4) is 0 Å². The van der Waals surface area contributed by atoms with Gasteiger partial charge in [-0.05, 0) is 26.0 Å². The second-order valence-corrected chi connectivity index (χ2v) is 6.14. The van der Waals surface area contributed by atoms with E-state index in [9.17, 15) is 0 Å². The summed E-state index contributed by atoms with van der Waals surface area (Å²) in [7, 11) is 2.00. The molecule has 4 aromatic rings. The summed E-state index contributed by atoms with van der Waals surface area (Å²) in [5.41, 5.74) is 5.86. The molecule has 3 heterocycles.